The van der Waals surface area contributed by atoms with Crippen LogP contribution in [0.2, 0.25) is 0 Å². The van der Waals surface area contributed by atoms with Gasteiger partial charge in [-0.25, -0.2) is 0 Å². The van der Waals surface area contributed by atoms with Crippen molar-refractivity contribution in [3.63, 3.8) is 0 Å². The van der Waals surface area contributed by atoms with Crippen LogP contribution in [-0.2, 0) is 9.47 Å². The van der Waals surface area contributed by atoms with Gasteiger partial charge in [0.1, 0.15) is 0 Å². The van der Waals surface area contributed by atoms with Crippen LogP contribution in [0.5, 0.6) is 0 Å². The van der Waals surface area contributed by atoms with Crippen LogP contribution in [-0.4, -0.2) is 44.2 Å². The Morgan fingerprint density at radius 2 is 1.80 bits per heavy atom. The molecular weight excluding hydrogens is 271 g/mol. The van der Waals surface area contributed by atoms with E-state index in [0.717, 1.165) is 6.42 Å². The van der Waals surface area contributed by atoms with E-state index < -0.39 is 12.1 Å². The third-order valence-electron chi connectivity index (χ3n) is 4.54. The van der Waals surface area contributed by atoms with Gasteiger partial charge in [0.25, 0.3) is 0 Å². The minimum atomic E-state index is -4.03. The summed E-state index contributed by atoms with van der Waals surface area (Å²) in [5, 5.41) is 3.44. The Morgan fingerprint density at radius 3 is 2.30 bits per heavy atom. The molecule has 0 radical (unpaired) electrons. The van der Waals surface area contributed by atoms with Crippen molar-refractivity contribution in [3.05, 3.63) is 0 Å². The van der Waals surface area contributed by atoms with Gasteiger partial charge in [-0.05, 0) is 39.0 Å². The van der Waals surface area contributed by atoms with Gasteiger partial charge in [-0.2, -0.15) is 13.2 Å². The van der Waals surface area contributed by atoms with Crippen molar-refractivity contribution in [2.24, 2.45) is 5.92 Å². The molecule has 6 heteroatoms. The molecule has 118 valence electrons. The van der Waals surface area contributed by atoms with Crippen LogP contribution >= 0.6 is 0 Å². The van der Waals surface area contributed by atoms with Crippen molar-refractivity contribution in [2.45, 2.75) is 69.5 Å². The van der Waals surface area contributed by atoms with Crippen molar-refractivity contribution >= 4 is 0 Å². The normalized spacial score (nSPS) is 38.5. The predicted octanol–water partition coefficient (Wildman–Crippen LogP) is 2.89. The Hall–Kier alpha value is -0.330. The summed E-state index contributed by atoms with van der Waals surface area (Å²) in [4.78, 5) is 0. The minimum absolute atomic E-state index is 0.0234. The first-order valence-electron chi connectivity index (χ1n) is 7.42. The lowest BCUT2D eigenvalue weighted by molar-refractivity contribution is -0.183. The fourth-order valence-corrected chi connectivity index (χ4v) is 3.33. The number of alkyl halides is 3. The summed E-state index contributed by atoms with van der Waals surface area (Å²) in [6, 6.07) is 0.391. The smallest absolute Gasteiger partial charge is 0.377 e. The highest BCUT2D eigenvalue weighted by atomic mass is 19.4. The molecule has 0 aliphatic heterocycles. The molecule has 3 unspecified atom stereocenters. The summed E-state index contributed by atoms with van der Waals surface area (Å²) in [6.07, 6.45) is -1.35. The van der Waals surface area contributed by atoms with Crippen LogP contribution in [0, 0.1) is 5.92 Å². The Kier molecular flexibility index (Phi) is 5.31. The van der Waals surface area contributed by atoms with Crippen molar-refractivity contribution in [1.82, 2.24) is 5.32 Å². The SMILES string of the molecule is CCOC1CC(NC2CCC(C(F)(F)F)CC2)C1OC. The van der Waals surface area contributed by atoms with Crippen molar-refractivity contribution in [2.75, 3.05) is 13.7 Å². The average Bonchev–Trinajstić information content (AvgIpc) is 2.37. The van der Waals surface area contributed by atoms with E-state index in [1.807, 2.05) is 6.92 Å². The molecule has 2 aliphatic carbocycles. The van der Waals surface area contributed by atoms with Crippen LogP contribution in [0.25, 0.3) is 0 Å². The molecule has 0 aromatic heterocycles. The molecule has 0 bridgehead atoms. The summed E-state index contributed by atoms with van der Waals surface area (Å²) in [5.41, 5.74) is 0. The molecule has 0 aromatic carbocycles. The average molecular weight is 295 g/mol. The summed E-state index contributed by atoms with van der Waals surface area (Å²) in [6.45, 7) is 2.61. The first kappa shape index (κ1) is 16.0. The first-order valence-corrected chi connectivity index (χ1v) is 7.42. The second-order valence-electron chi connectivity index (χ2n) is 5.79. The van der Waals surface area contributed by atoms with Gasteiger partial charge in [0.05, 0.1) is 18.1 Å². The maximum Gasteiger partial charge on any atom is 0.391 e. The van der Waals surface area contributed by atoms with Crippen LogP contribution in [0.3, 0.4) is 0 Å². The Bertz CT molecular complexity index is 303. The molecule has 3 nitrogen and oxygen atoms in total. The number of ether oxygens (including phenoxy) is 2. The Balaban J connectivity index is 1.74. The molecule has 20 heavy (non-hydrogen) atoms. The zero-order valence-corrected chi connectivity index (χ0v) is 12.1. The van der Waals surface area contributed by atoms with Crippen LogP contribution in [0.15, 0.2) is 0 Å². The molecule has 0 amide bonds. The van der Waals surface area contributed by atoms with Gasteiger partial charge in [-0.15, -0.1) is 0 Å². The van der Waals surface area contributed by atoms with Crippen LogP contribution in [0.1, 0.15) is 39.0 Å². The van der Waals surface area contributed by atoms with E-state index in [9.17, 15) is 13.2 Å². The van der Waals surface area contributed by atoms with E-state index in [1.54, 1.807) is 7.11 Å². The van der Waals surface area contributed by atoms with Crippen molar-refractivity contribution in [3.8, 4) is 0 Å². The predicted molar refractivity (Wildman–Crippen MR) is 69.6 cm³/mol. The van der Waals surface area contributed by atoms with E-state index in [1.165, 1.54) is 0 Å². The lowest BCUT2D eigenvalue weighted by Crippen LogP contribution is -2.62. The molecule has 2 saturated carbocycles. The van der Waals surface area contributed by atoms with Gasteiger partial charge >= 0.3 is 6.18 Å². The highest BCUT2D eigenvalue weighted by Crippen LogP contribution is 2.38. The molecular formula is C14H24F3NO2. The molecule has 2 fully saturated rings. The number of halogens is 3. The number of nitrogens with one attached hydrogen (secondary N) is 1. The van der Waals surface area contributed by atoms with Crippen molar-refractivity contribution < 1.29 is 22.6 Å². The number of rotatable bonds is 5. The summed E-state index contributed by atoms with van der Waals surface area (Å²) < 4.78 is 48.8. The summed E-state index contributed by atoms with van der Waals surface area (Å²) in [7, 11) is 1.66. The van der Waals surface area contributed by atoms with Gasteiger partial charge in [-0.3, -0.25) is 0 Å². The molecule has 0 aromatic rings. The van der Waals surface area contributed by atoms with E-state index in [-0.39, 0.29) is 37.1 Å². The van der Waals surface area contributed by atoms with Gasteiger partial charge in [-0.1, -0.05) is 0 Å². The third-order valence-corrected chi connectivity index (χ3v) is 4.54. The lowest BCUT2D eigenvalue weighted by atomic mass is 9.81. The quantitative estimate of drug-likeness (QED) is 0.846. The lowest BCUT2D eigenvalue weighted by Gasteiger charge is -2.46. The van der Waals surface area contributed by atoms with Crippen molar-refractivity contribution in [1.29, 1.82) is 0 Å². The highest BCUT2D eigenvalue weighted by Gasteiger charge is 2.45. The fourth-order valence-electron chi connectivity index (χ4n) is 3.33. The van der Waals surface area contributed by atoms with Crippen LogP contribution < -0.4 is 5.32 Å². The molecule has 1 N–H and O–H groups in total. The molecule has 0 heterocycles. The van der Waals surface area contributed by atoms with Gasteiger partial charge < -0.3 is 14.8 Å². The zero-order chi connectivity index (χ0) is 14.8. The number of hydrogen-bond acceptors (Lipinski definition) is 3. The maximum atomic E-state index is 12.6. The number of hydrogen-bond donors (Lipinski definition) is 1. The van der Waals surface area contributed by atoms with E-state index in [4.69, 9.17) is 9.47 Å². The van der Waals surface area contributed by atoms with Gasteiger partial charge in [0.15, 0.2) is 0 Å². The second-order valence-corrected chi connectivity index (χ2v) is 5.79. The maximum absolute atomic E-state index is 12.6. The Labute approximate surface area is 118 Å². The molecule has 0 saturated heterocycles. The summed E-state index contributed by atoms with van der Waals surface area (Å²) in [5.74, 6) is -1.11. The molecule has 3 atom stereocenters. The topological polar surface area (TPSA) is 30.5 Å². The number of methoxy groups -OCH3 is 1. The Morgan fingerprint density at radius 1 is 1.15 bits per heavy atom. The molecule has 2 rings (SSSR count). The largest absolute Gasteiger partial charge is 0.391 e. The first-order chi connectivity index (χ1) is 9.45. The second kappa shape index (κ2) is 6.62. The zero-order valence-electron chi connectivity index (χ0n) is 12.1. The summed E-state index contributed by atoms with van der Waals surface area (Å²) >= 11 is 0. The fraction of sp³-hybridized carbons (Fsp3) is 1.00. The molecule has 2 aliphatic rings. The highest BCUT2D eigenvalue weighted by molar-refractivity contribution is 4.99. The van der Waals surface area contributed by atoms with Crippen LogP contribution in [0.4, 0.5) is 13.2 Å². The molecule has 0 spiro atoms. The third kappa shape index (κ3) is 3.65. The minimum Gasteiger partial charge on any atom is -0.377 e. The monoisotopic (exact) mass is 295 g/mol. The standard InChI is InChI=1S/C14H24F3NO2/c1-3-20-12-8-11(13(12)19-2)18-10-6-4-9(5-7-10)14(15,16)17/h9-13,18H,3-8H2,1-2H3. The van der Waals surface area contributed by atoms with E-state index >= 15 is 0 Å². The van der Waals surface area contributed by atoms with E-state index in [0.29, 0.717) is 19.4 Å². The van der Waals surface area contributed by atoms with Gasteiger partial charge in [0.2, 0.25) is 0 Å². The van der Waals surface area contributed by atoms with E-state index in [2.05, 4.69) is 5.32 Å². The van der Waals surface area contributed by atoms with Gasteiger partial charge in [0, 0.05) is 25.8 Å².